The lowest BCUT2D eigenvalue weighted by Crippen LogP contribution is -2.29. The molecule has 0 unspecified atom stereocenters. The van der Waals surface area contributed by atoms with Crippen LogP contribution in [0.25, 0.3) is 0 Å². The quantitative estimate of drug-likeness (QED) is 0.722. The van der Waals surface area contributed by atoms with Crippen LogP contribution in [0, 0.1) is 13.8 Å². The first-order valence-electron chi connectivity index (χ1n) is 9.12. The number of methoxy groups -OCH3 is 1. The summed E-state index contributed by atoms with van der Waals surface area (Å²) in [4.78, 5) is 0.293. The molecule has 150 valence electrons. The molecular formula is C20H31N3O3S. The van der Waals surface area contributed by atoms with Gasteiger partial charge in [0.25, 0.3) is 0 Å². The molecule has 0 aliphatic carbocycles. The summed E-state index contributed by atoms with van der Waals surface area (Å²) < 4.78 is 34.7. The predicted octanol–water partition coefficient (Wildman–Crippen LogP) is 3.52. The van der Waals surface area contributed by atoms with Crippen LogP contribution >= 0.6 is 0 Å². The maximum Gasteiger partial charge on any atom is 0.242 e. The number of nitrogens with zero attached hydrogens (tertiary/aromatic N) is 3. The summed E-state index contributed by atoms with van der Waals surface area (Å²) in [6, 6.07) is 7.09. The van der Waals surface area contributed by atoms with E-state index < -0.39 is 10.0 Å². The smallest absolute Gasteiger partial charge is 0.242 e. The zero-order chi connectivity index (χ0) is 20.4. The van der Waals surface area contributed by atoms with Gasteiger partial charge in [-0.3, -0.25) is 4.68 Å². The molecule has 1 aromatic heterocycles. The van der Waals surface area contributed by atoms with Crippen molar-refractivity contribution in [1.82, 2.24) is 14.1 Å². The summed E-state index contributed by atoms with van der Waals surface area (Å²) in [6.45, 7) is 11.2. The molecule has 0 aliphatic heterocycles. The van der Waals surface area contributed by atoms with Crippen LogP contribution < -0.4 is 4.74 Å². The molecule has 0 amide bonds. The number of sulfonamides is 1. The molecular weight excluding hydrogens is 362 g/mol. The molecule has 0 radical (unpaired) electrons. The van der Waals surface area contributed by atoms with E-state index in [1.54, 1.807) is 32.4 Å². The largest absolute Gasteiger partial charge is 0.496 e. The average molecular weight is 394 g/mol. The van der Waals surface area contributed by atoms with Crippen molar-refractivity contribution in [3.05, 3.63) is 41.2 Å². The van der Waals surface area contributed by atoms with Gasteiger partial charge in [-0.15, -0.1) is 0 Å². The van der Waals surface area contributed by atoms with Crippen molar-refractivity contribution in [2.24, 2.45) is 0 Å². The lowest BCUT2D eigenvalue weighted by atomic mass is 9.86. The minimum absolute atomic E-state index is 0.217. The van der Waals surface area contributed by atoms with Crippen molar-refractivity contribution in [3.63, 3.8) is 0 Å². The summed E-state index contributed by atoms with van der Waals surface area (Å²) in [6.07, 6.45) is 0.694. The van der Waals surface area contributed by atoms with Crippen LogP contribution in [0.4, 0.5) is 0 Å². The second kappa shape index (κ2) is 8.02. The minimum atomic E-state index is -3.56. The monoisotopic (exact) mass is 393 g/mol. The van der Waals surface area contributed by atoms with E-state index in [4.69, 9.17) is 4.74 Å². The standard InChI is InChI=1S/C20H31N3O3S/c1-15-13-16(2)23(21-15)12-8-11-22(6)27(24,25)17-9-10-19(26-7)18(14-17)20(3,4)5/h9-10,13-14H,8,11-12H2,1-7H3. The van der Waals surface area contributed by atoms with Gasteiger partial charge in [0.15, 0.2) is 0 Å². The highest BCUT2D eigenvalue weighted by molar-refractivity contribution is 7.89. The van der Waals surface area contributed by atoms with Gasteiger partial charge in [-0.1, -0.05) is 20.8 Å². The second-order valence-electron chi connectivity index (χ2n) is 7.94. The van der Waals surface area contributed by atoms with Crippen molar-refractivity contribution in [2.75, 3.05) is 20.7 Å². The van der Waals surface area contributed by atoms with Crippen LogP contribution in [0.1, 0.15) is 44.1 Å². The second-order valence-corrected chi connectivity index (χ2v) is 9.99. The highest BCUT2D eigenvalue weighted by Crippen LogP contribution is 2.33. The third-order valence-electron chi connectivity index (χ3n) is 4.63. The van der Waals surface area contributed by atoms with Crippen molar-refractivity contribution in [2.45, 2.75) is 57.9 Å². The highest BCUT2D eigenvalue weighted by atomic mass is 32.2. The molecule has 6 nitrogen and oxygen atoms in total. The molecule has 0 atom stereocenters. The Kier molecular flexibility index (Phi) is 6.37. The predicted molar refractivity (Wildman–Crippen MR) is 108 cm³/mol. The van der Waals surface area contributed by atoms with Gasteiger partial charge < -0.3 is 4.74 Å². The van der Waals surface area contributed by atoms with Crippen LogP contribution in [0.5, 0.6) is 5.75 Å². The molecule has 2 rings (SSSR count). The van der Waals surface area contributed by atoms with E-state index in [0.29, 0.717) is 30.2 Å². The summed E-state index contributed by atoms with van der Waals surface area (Å²) in [5.41, 5.74) is 2.72. The third-order valence-corrected chi connectivity index (χ3v) is 6.49. The van der Waals surface area contributed by atoms with Crippen LogP contribution in [-0.4, -0.2) is 43.2 Å². The third kappa shape index (κ3) is 4.90. The summed E-state index contributed by atoms with van der Waals surface area (Å²) >= 11 is 0. The molecule has 1 heterocycles. The Labute approximate surface area is 163 Å². The fraction of sp³-hybridized carbons (Fsp3) is 0.550. The summed E-state index contributed by atoms with van der Waals surface area (Å²) in [5, 5.41) is 4.42. The number of aromatic nitrogens is 2. The van der Waals surface area contributed by atoms with E-state index in [-0.39, 0.29) is 5.41 Å². The topological polar surface area (TPSA) is 64.4 Å². The van der Waals surface area contributed by atoms with Gasteiger partial charge in [0.05, 0.1) is 17.7 Å². The lowest BCUT2D eigenvalue weighted by Gasteiger charge is -2.24. The first-order chi connectivity index (χ1) is 12.5. The Hall–Kier alpha value is -1.86. The fourth-order valence-corrected chi connectivity index (χ4v) is 4.31. The molecule has 1 aromatic carbocycles. The molecule has 0 fully saturated rings. The first-order valence-corrected chi connectivity index (χ1v) is 10.6. The number of aryl methyl sites for hydroxylation is 3. The van der Waals surface area contributed by atoms with E-state index in [2.05, 4.69) is 5.10 Å². The maximum absolute atomic E-state index is 13.0. The van der Waals surface area contributed by atoms with Gasteiger partial charge >= 0.3 is 0 Å². The molecule has 0 N–H and O–H groups in total. The zero-order valence-corrected chi connectivity index (χ0v) is 18.2. The van der Waals surface area contributed by atoms with Crippen LogP contribution in [0.3, 0.4) is 0 Å². The molecule has 0 aliphatic rings. The number of benzene rings is 1. The average Bonchev–Trinajstić information content (AvgIpc) is 2.90. The number of rotatable bonds is 7. The maximum atomic E-state index is 13.0. The fourth-order valence-electron chi connectivity index (χ4n) is 3.08. The van der Waals surface area contributed by atoms with Gasteiger partial charge in [0.2, 0.25) is 10.0 Å². The summed E-state index contributed by atoms with van der Waals surface area (Å²) in [7, 11) is -0.334. The molecule has 2 aromatic rings. The Morgan fingerprint density at radius 3 is 2.37 bits per heavy atom. The van der Waals surface area contributed by atoms with E-state index in [9.17, 15) is 8.42 Å². The first kappa shape index (κ1) is 21.4. The van der Waals surface area contributed by atoms with Gasteiger partial charge in [0.1, 0.15) is 5.75 Å². The van der Waals surface area contributed by atoms with E-state index in [1.165, 1.54) is 4.31 Å². The van der Waals surface area contributed by atoms with Crippen molar-refractivity contribution >= 4 is 10.0 Å². The number of hydrogen-bond donors (Lipinski definition) is 0. The van der Waals surface area contributed by atoms with Crippen molar-refractivity contribution in [3.8, 4) is 5.75 Å². The van der Waals surface area contributed by atoms with Crippen LogP contribution in [-0.2, 0) is 22.0 Å². The Bertz CT molecular complexity index is 896. The molecule has 0 saturated heterocycles. The van der Waals surface area contributed by atoms with Gasteiger partial charge in [-0.25, -0.2) is 12.7 Å². The van der Waals surface area contributed by atoms with Crippen molar-refractivity contribution in [1.29, 1.82) is 0 Å². The molecule has 7 heteroatoms. The van der Waals surface area contributed by atoms with E-state index in [1.807, 2.05) is 45.4 Å². The van der Waals surface area contributed by atoms with Crippen LogP contribution in [0.15, 0.2) is 29.2 Å². The molecule has 0 bridgehead atoms. The van der Waals surface area contributed by atoms with Gasteiger partial charge in [-0.2, -0.15) is 5.10 Å². The molecule has 0 saturated carbocycles. The summed E-state index contributed by atoms with van der Waals surface area (Å²) in [5.74, 6) is 0.702. The number of hydrogen-bond acceptors (Lipinski definition) is 4. The van der Waals surface area contributed by atoms with E-state index in [0.717, 1.165) is 17.0 Å². The molecule has 0 spiro atoms. The normalized spacial score (nSPS) is 12.6. The molecule has 27 heavy (non-hydrogen) atoms. The Morgan fingerprint density at radius 2 is 1.85 bits per heavy atom. The SMILES string of the molecule is COc1ccc(S(=O)(=O)N(C)CCCn2nc(C)cc2C)cc1C(C)(C)C. The van der Waals surface area contributed by atoms with E-state index >= 15 is 0 Å². The number of ether oxygens (including phenoxy) is 1. The van der Waals surface area contributed by atoms with Crippen molar-refractivity contribution < 1.29 is 13.2 Å². The van der Waals surface area contributed by atoms with Gasteiger partial charge in [-0.05, 0) is 49.9 Å². The van der Waals surface area contributed by atoms with Crippen LogP contribution in [0.2, 0.25) is 0 Å². The Morgan fingerprint density at radius 1 is 1.19 bits per heavy atom. The van der Waals surface area contributed by atoms with Gasteiger partial charge in [0, 0.05) is 31.4 Å². The highest BCUT2D eigenvalue weighted by Gasteiger charge is 2.25. The zero-order valence-electron chi connectivity index (χ0n) is 17.4. The Balaban J connectivity index is 2.16. The minimum Gasteiger partial charge on any atom is -0.496 e. The lowest BCUT2D eigenvalue weighted by molar-refractivity contribution is 0.396.